The number of aromatic nitrogens is 1. The molecular weight excluding hydrogens is 406 g/mol. The van der Waals surface area contributed by atoms with Crippen molar-refractivity contribution in [1.29, 1.82) is 0 Å². The normalized spacial score (nSPS) is 15.2. The van der Waals surface area contributed by atoms with E-state index in [4.69, 9.17) is 4.74 Å². The lowest BCUT2D eigenvalue weighted by Crippen LogP contribution is -2.07. The molecule has 0 saturated carbocycles. The number of H-pyrrole nitrogens is 1. The second kappa shape index (κ2) is 8.57. The molecule has 2 aromatic rings. The SMILES string of the molecule is CCOC(=O)c1c(C)[nH]c(/C(=C2\N=C(C)C([N+](=O)[O-])=C2C)c2c(C)cc(C)cc2C)c1C. The summed E-state index contributed by atoms with van der Waals surface area (Å²) in [5.41, 5.74) is 8.96. The average molecular weight is 436 g/mol. The molecule has 0 amide bonds. The molecule has 0 atom stereocenters. The molecule has 0 saturated heterocycles. The van der Waals surface area contributed by atoms with Crippen molar-refractivity contribution in [3.63, 3.8) is 0 Å². The molecule has 3 rings (SSSR count). The molecule has 0 radical (unpaired) electrons. The van der Waals surface area contributed by atoms with Crippen LogP contribution in [0.1, 0.15) is 70.3 Å². The predicted octanol–water partition coefficient (Wildman–Crippen LogP) is 5.52. The van der Waals surface area contributed by atoms with Crippen molar-refractivity contribution in [1.82, 2.24) is 4.98 Å². The number of nitrogens with zero attached hydrogens (tertiary/aromatic N) is 2. The monoisotopic (exact) mass is 435 g/mol. The summed E-state index contributed by atoms with van der Waals surface area (Å²) < 4.78 is 5.26. The minimum absolute atomic E-state index is 0.0199. The first-order valence-corrected chi connectivity index (χ1v) is 10.6. The Hall–Kier alpha value is -3.48. The smallest absolute Gasteiger partial charge is 0.340 e. The molecule has 1 N–H and O–H groups in total. The van der Waals surface area contributed by atoms with Gasteiger partial charge in [0.15, 0.2) is 0 Å². The highest BCUT2D eigenvalue weighted by atomic mass is 16.6. The summed E-state index contributed by atoms with van der Waals surface area (Å²) in [4.78, 5) is 31.9. The molecule has 168 valence electrons. The predicted molar refractivity (Wildman–Crippen MR) is 126 cm³/mol. The number of aromatic amines is 1. The Kier molecular flexibility index (Phi) is 6.21. The molecule has 1 aliphatic rings. The molecule has 0 fully saturated rings. The van der Waals surface area contributed by atoms with Gasteiger partial charge < -0.3 is 9.72 Å². The van der Waals surface area contributed by atoms with E-state index in [0.717, 1.165) is 39.1 Å². The number of nitro groups is 1. The summed E-state index contributed by atoms with van der Waals surface area (Å²) in [7, 11) is 0. The molecule has 2 heterocycles. The van der Waals surface area contributed by atoms with Crippen molar-refractivity contribution >= 4 is 17.3 Å². The van der Waals surface area contributed by atoms with Crippen molar-refractivity contribution in [2.24, 2.45) is 4.99 Å². The summed E-state index contributed by atoms with van der Waals surface area (Å²) in [6.45, 7) is 15.2. The van der Waals surface area contributed by atoms with Gasteiger partial charge in [0.25, 0.3) is 5.70 Å². The van der Waals surface area contributed by atoms with E-state index in [1.54, 1.807) is 20.8 Å². The molecule has 7 heteroatoms. The third-order valence-corrected chi connectivity index (χ3v) is 5.85. The minimum atomic E-state index is -0.393. The molecular formula is C25H29N3O4. The van der Waals surface area contributed by atoms with Crippen LogP contribution in [0.5, 0.6) is 0 Å². The summed E-state index contributed by atoms with van der Waals surface area (Å²) in [6, 6.07) is 4.17. The molecule has 0 unspecified atom stereocenters. The quantitative estimate of drug-likeness (QED) is 0.380. The molecule has 0 spiro atoms. The number of carbonyl (C=O) groups is 1. The number of hydrogen-bond donors (Lipinski definition) is 1. The Bertz CT molecular complexity index is 1220. The maximum Gasteiger partial charge on any atom is 0.340 e. The minimum Gasteiger partial charge on any atom is -0.462 e. The van der Waals surface area contributed by atoms with Gasteiger partial charge in [-0.3, -0.25) is 10.1 Å². The maximum atomic E-state index is 12.6. The Morgan fingerprint density at radius 2 is 1.66 bits per heavy atom. The van der Waals surface area contributed by atoms with Gasteiger partial charge in [0.05, 0.1) is 34.1 Å². The van der Waals surface area contributed by atoms with Crippen LogP contribution in [-0.2, 0) is 4.74 Å². The van der Waals surface area contributed by atoms with Crippen molar-refractivity contribution in [3.05, 3.63) is 84.0 Å². The van der Waals surface area contributed by atoms with Crippen LogP contribution < -0.4 is 0 Å². The summed E-state index contributed by atoms with van der Waals surface area (Å²) >= 11 is 0. The number of ether oxygens (including phenoxy) is 1. The van der Waals surface area contributed by atoms with E-state index < -0.39 is 5.97 Å². The van der Waals surface area contributed by atoms with Gasteiger partial charge in [0.2, 0.25) is 0 Å². The number of allylic oxidation sites excluding steroid dienone is 2. The summed E-state index contributed by atoms with van der Waals surface area (Å²) in [5.74, 6) is -0.393. The van der Waals surface area contributed by atoms with Gasteiger partial charge in [-0.25, -0.2) is 9.79 Å². The van der Waals surface area contributed by atoms with Crippen molar-refractivity contribution in [3.8, 4) is 0 Å². The highest BCUT2D eigenvalue weighted by Crippen LogP contribution is 2.40. The average Bonchev–Trinajstić information content (AvgIpc) is 3.13. The first-order chi connectivity index (χ1) is 15.0. The van der Waals surface area contributed by atoms with E-state index in [0.29, 0.717) is 28.2 Å². The topological polar surface area (TPSA) is 97.6 Å². The van der Waals surface area contributed by atoms with Crippen LogP contribution in [0, 0.1) is 44.7 Å². The molecule has 32 heavy (non-hydrogen) atoms. The fraction of sp³-hybridized carbons (Fsp3) is 0.360. The number of benzene rings is 1. The summed E-state index contributed by atoms with van der Waals surface area (Å²) in [5, 5.41) is 11.7. The van der Waals surface area contributed by atoms with Crippen molar-refractivity contribution in [2.75, 3.05) is 6.61 Å². The number of esters is 1. The van der Waals surface area contributed by atoms with E-state index in [1.165, 1.54) is 0 Å². The van der Waals surface area contributed by atoms with Crippen LogP contribution in [0.3, 0.4) is 0 Å². The van der Waals surface area contributed by atoms with Crippen LogP contribution in [0.4, 0.5) is 0 Å². The van der Waals surface area contributed by atoms with Gasteiger partial charge >= 0.3 is 5.97 Å². The van der Waals surface area contributed by atoms with Crippen LogP contribution in [0.25, 0.3) is 5.57 Å². The zero-order valence-electron chi connectivity index (χ0n) is 19.9. The first kappa shape index (κ1) is 23.2. The number of hydrogen-bond acceptors (Lipinski definition) is 5. The van der Waals surface area contributed by atoms with E-state index in [1.807, 2.05) is 34.6 Å². The number of rotatable bonds is 5. The highest BCUT2D eigenvalue weighted by Gasteiger charge is 2.33. The Morgan fingerprint density at radius 1 is 1.06 bits per heavy atom. The zero-order chi connectivity index (χ0) is 23.9. The fourth-order valence-electron chi connectivity index (χ4n) is 4.65. The number of aliphatic imine (C=N–C) groups is 1. The number of aryl methyl sites for hydroxylation is 4. The van der Waals surface area contributed by atoms with E-state index in [9.17, 15) is 14.9 Å². The van der Waals surface area contributed by atoms with Crippen LogP contribution in [-0.4, -0.2) is 28.2 Å². The first-order valence-electron chi connectivity index (χ1n) is 10.6. The largest absolute Gasteiger partial charge is 0.462 e. The van der Waals surface area contributed by atoms with Gasteiger partial charge in [-0.1, -0.05) is 17.7 Å². The van der Waals surface area contributed by atoms with Crippen molar-refractivity contribution < 1.29 is 14.5 Å². The van der Waals surface area contributed by atoms with Gasteiger partial charge in [0.1, 0.15) is 5.71 Å². The van der Waals surface area contributed by atoms with Gasteiger partial charge in [0, 0.05) is 11.3 Å². The Morgan fingerprint density at radius 3 is 2.16 bits per heavy atom. The molecule has 1 aliphatic heterocycles. The van der Waals surface area contributed by atoms with Gasteiger partial charge in [-0.05, 0) is 77.6 Å². The van der Waals surface area contributed by atoms with Gasteiger partial charge in [-0.2, -0.15) is 0 Å². The molecule has 1 aromatic heterocycles. The van der Waals surface area contributed by atoms with E-state index in [2.05, 4.69) is 22.1 Å². The lowest BCUT2D eigenvalue weighted by atomic mass is 9.88. The Balaban J connectivity index is 2.45. The van der Waals surface area contributed by atoms with Crippen LogP contribution in [0.2, 0.25) is 0 Å². The highest BCUT2D eigenvalue weighted by molar-refractivity contribution is 6.04. The standard InChI is InChI=1S/C25H29N3O4/c1-9-32-25(29)20-15(5)22(26-17(20)7)21(19-13(3)10-12(2)11-14(19)4)23-16(6)24(28(30)31)18(8)27-23/h10-11,26H,9H2,1-8H3/b23-21-. The lowest BCUT2D eigenvalue weighted by Gasteiger charge is -2.17. The second-order valence-corrected chi connectivity index (χ2v) is 8.27. The van der Waals surface area contributed by atoms with Crippen molar-refractivity contribution in [2.45, 2.75) is 55.4 Å². The second-order valence-electron chi connectivity index (χ2n) is 8.27. The lowest BCUT2D eigenvalue weighted by molar-refractivity contribution is -0.415. The zero-order valence-corrected chi connectivity index (χ0v) is 19.9. The molecule has 0 aliphatic carbocycles. The molecule has 7 nitrogen and oxygen atoms in total. The maximum absolute atomic E-state index is 12.6. The third-order valence-electron chi connectivity index (χ3n) is 5.85. The molecule has 1 aromatic carbocycles. The van der Waals surface area contributed by atoms with Crippen LogP contribution in [0.15, 0.2) is 34.1 Å². The fourth-order valence-corrected chi connectivity index (χ4v) is 4.65. The van der Waals surface area contributed by atoms with E-state index in [-0.39, 0.29) is 17.2 Å². The molecule has 0 bridgehead atoms. The van der Waals surface area contributed by atoms with Gasteiger partial charge in [-0.15, -0.1) is 0 Å². The van der Waals surface area contributed by atoms with Crippen LogP contribution >= 0.6 is 0 Å². The number of nitrogens with one attached hydrogen (secondary N) is 1. The number of carbonyl (C=O) groups excluding carboxylic acids is 1. The third kappa shape index (κ3) is 3.79. The Labute approximate surface area is 188 Å². The summed E-state index contributed by atoms with van der Waals surface area (Å²) in [6.07, 6.45) is 0. The van der Waals surface area contributed by atoms with E-state index >= 15 is 0 Å².